The Morgan fingerprint density at radius 1 is 1.57 bits per heavy atom. The van der Waals surface area contributed by atoms with Gasteiger partial charge in [-0.2, -0.15) is 0 Å². The molecule has 0 amide bonds. The predicted octanol–water partition coefficient (Wildman–Crippen LogP) is 1.65. The Kier molecular flexibility index (Phi) is 2.87. The molecule has 0 aromatic carbocycles. The average Bonchev–Trinajstić information content (AvgIpc) is 2.51. The Balaban J connectivity index is 1.90. The zero-order valence-corrected chi connectivity index (χ0v) is 9.11. The van der Waals surface area contributed by atoms with Gasteiger partial charge in [-0.3, -0.25) is 4.90 Å². The van der Waals surface area contributed by atoms with Crippen LogP contribution in [-0.4, -0.2) is 27.5 Å². The van der Waals surface area contributed by atoms with Crippen molar-refractivity contribution < 1.29 is 0 Å². The van der Waals surface area contributed by atoms with Crippen LogP contribution in [0.4, 0.5) is 0 Å². The highest BCUT2D eigenvalue weighted by Gasteiger charge is 2.16. The number of rotatable bonds is 2. The molecule has 1 aromatic rings. The van der Waals surface area contributed by atoms with Gasteiger partial charge in [0.15, 0.2) is 0 Å². The summed E-state index contributed by atoms with van der Waals surface area (Å²) in [5.74, 6) is 0.854. The Morgan fingerprint density at radius 2 is 2.43 bits per heavy atom. The van der Waals surface area contributed by atoms with E-state index >= 15 is 0 Å². The summed E-state index contributed by atoms with van der Waals surface area (Å²) in [6.45, 7) is 5.83. The normalized spacial score (nSPS) is 24.0. The van der Waals surface area contributed by atoms with Crippen molar-refractivity contribution in [3.63, 3.8) is 0 Å². The summed E-state index contributed by atoms with van der Waals surface area (Å²) in [7, 11) is 2.02. The molecule has 78 valence electrons. The second-order valence-corrected chi connectivity index (χ2v) is 4.51. The van der Waals surface area contributed by atoms with E-state index in [0.29, 0.717) is 0 Å². The molecule has 0 saturated carbocycles. The summed E-state index contributed by atoms with van der Waals surface area (Å²) < 4.78 is 2.02. The molecule has 1 fully saturated rings. The second-order valence-electron chi connectivity index (χ2n) is 4.51. The van der Waals surface area contributed by atoms with Crippen molar-refractivity contribution in [1.82, 2.24) is 14.5 Å². The van der Waals surface area contributed by atoms with Crippen LogP contribution in [0, 0.1) is 5.92 Å². The van der Waals surface area contributed by atoms with Gasteiger partial charge in [0.1, 0.15) is 0 Å². The molecule has 0 bridgehead atoms. The molecule has 1 aromatic heterocycles. The molecule has 3 heteroatoms. The fourth-order valence-corrected chi connectivity index (χ4v) is 2.21. The molecular weight excluding hydrogens is 174 g/mol. The van der Waals surface area contributed by atoms with Crippen LogP contribution in [0.15, 0.2) is 12.5 Å². The number of piperidine rings is 1. The number of aromatic nitrogens is 2. The number of imidazole rings is 1. The van der Waals surface area contributed by atoms with Crippen LogP contribution < -0.4 is 0 Å². The second kappa shape index (κ2) is 4.13. The van der Waals surface area contributed by atoms with E-state index in [1.54, 1.807) is 0 Å². The van der Waals surface area contributed by atoms with Gasteiger partial charge in [-0.1, -0.05) is 6.92 Å². The summed E-state index contributed by atoms with van der Waals surface area (Å²) in [6, 6.07) is 0. The lowest BCUT2D eigenvalue weighted by molar-refractivity contribution is 0.175. The predicted molar refractivity (Wildman–Crippen MR) is 56.9 cm³/mol. The van der Waals surface area contributed by atoms with Crippen LogP contribution in [-0.2, 0) is 13.6 Å². The third-order valence-electron chi connectivity index (χ3n) is 2.89. The van der Waals surface area contributed by atoms with E-state index in [2.05, 4.69) is 23.0 Å². The Morgan fingerprint density at radius 3 is 3.07 bits per heavy atom. The molecule has 0 N–H and O–H groups in total. The van der Waals surface area contributed by atoms with Crippen molar-refractivity contribution in [2.75, 3.05) is 13.1 Å². The van der Waals surface area contributed by atoms with Crippen LogP contribution >= 0.6 is 0 Å². The fourth-order valence-electron chi connectivity index (χ4n) is 2.21. The zero-order chi connectivity index (χ0) is 9.97. The quantitative estimate of drug-likeness (QED) is 0.712. The van der Waals surface area contributed by atoms with E-state index in [1.165, 1.54) is 31.6 Å². The van der Waals surface area contributed by atoms with E-state index in [4.69, 9.17) is 0 Å². The maximum atomic E-state index is 4.36. The van der Waals surface area contributed by atoms with Crippen molar-refractivity contribution in [3.8, 4) is 0 Å². The maximum absolute atomic E-state index is 4.36. The first kappa shape index (κ1) is 9.71. The molecule has 1 atom stereocenters. The van der Waals surface area contributed by atoms with Crippen LogP contribution in [0.3, 0.4) is 0 Å². The first-order valence-electron chi connectivity index (χ1n) is 5.43. The van der Waals surface area contributed by atoms with Gasteiger partial charge in [0.25, 0.3) is 0 Å². The van der Waals surface area contributed by atoms with E-state index in [-0.39, 0.29) is 0 Å². The highest BCUT2D eigenvalue weighted by atomic mass is 15.1. The highest BCUT2D eigenvalue weighted by Crippen LogP contribution is 2.16. The van der Waals surface area contributed by atoms with Crippen molar-refractivity contribution in [3.05, 3.63) is 18.2 Å². The summed E-state index contributed by atoms with van der Waals surface area (Å²) in [6.07, 6.45) is 6.72. The summed E-state index contributed by atoms with van der Waals surface area (Å²) >= 11 is 0. The van der Waals surface area contributed by atoms with Gasteiger partial charge in [-0.25, -0.2) is 4.98 Å². The van der Waals surface area contributed by atoms with Gasteiger partial charge in [-0.05, 0) is 25.3 Å². The lowest BCUT2D eigenvalue weighted by Gasteiger charge is -2.30. The molecule has 3 nitrogen and oxygen atoms in total. The van der Waals surface area contributed by atoms with E-state index in [1.807, 2.05) is 17.9 Å². The summed E-state index contributed by atoms with van der Waals surface area (Å²) in [4.78, 5) is 6.87. The van der Waals surface area contributed by atoms with E-state index < -0.39 is 0 Å². The first-order valence-corrected chi connectivity index (χ1v) is 5.43. The number of nitrogens with zero attached hydrogens (tertiary/aromatic N) is 3. The molecule has 0 radical (unpaired) electrons. The minimum Gasteiger partial charge on any atom is -0.340 e. The van der Waals surface area contributed by atoms with Crippen molar-refractivity contribution in [2.45, 2.75) is 26.3 Å². The third kappa shape index (κ3) is 2.35. The Hall–Kier alpha value is -0.830. The zero-order valence-electron chi connectivity index (χ0n) is 9.11. The Bertz CT molecular complexity index is 292. The highest BCUT2D eigenvalue weighted by molar-refractivity contribution is 4.96. The summed E-state index contributed by atoms with van der Waals surface area (Å²) in [5, 5.41) is 0. The van der Waals surface area contributed by atoms with Crippen LogP contribution in [0.5, 0.6) is 0 Å². The number of hydrogen-bond donors (Lipinski definition) is 0. The monoisotopic (exact) mass is 193 g/mol. The molecule has 1 saturated heterocycles. The number of likely N-dealkylation sites (tertiary alicyclic amines) is 1. The van der Waals surface area contributed by atoms with Crippen LogP contribution in [0.25, 0.3) is 0 Å². The molecule has 1 aliphatic heterocycles. The molecular formula is C11H19N3. The van der Waals surface area contributed by atoms with Crippen LogP contribution in [0.2, 0.25) is 0 Å². The van der Waals surface area contributed by atoms with Gasteiger partial charge >= 0.3 is 0 Å². The molecule has 14 heavy (non-hydrogen) atoms. The average molecular weight is 193 g/mol. The lowest BCUT2D eigenvalue weighted by Crippen LogP contribution is -2.33. The maximum Gasteiger partial charge on any atom is 0.0947 e. The molecule has 0 unspecified atom stereocenters. The molecule has 1 aliphatic rings. The molecule has 2 heterocycles. The smallest absolute Gasteiger partial charge is 0.0947 e. The van der Waals surface area contributed by atoms with Gasteiger partial charge in [-0.15, -0.1) is 0 Å². The van der Waals surface area contributed by atoms with Gasteiger partial charge < -0.3 is 4.57 Å². The standard InChI is InChI=1S/C11H19N3/c1-10-4-3-5-14(6-10)8-11-7-13(2)9-12-11/h7,9-10H,3-6,8H2,1-2H3/t10-/m1/s1. The van der Waals surface area contributed by atoms with Crippen molar-refractivity contribution in [2.24, 2.45) is 13.0 Å². The third-order valence-corrected chi connectivity index (χ3v) is 2.89. The van der Waals surface area contributed by atoms with Gasteiger partial charge in [0.05, 0.1) is 12.0 Å². The molecule has 0 spiro atoms. The van der Waals surface area contributed by atoms with Crippen molar-refractivity contribution >= 4 is 0 Å². The number of aryl methyl sites for hydroxylation is 1. The van der Waals surface area contributed by atoms with Crippen molar-refractivity contribution in [1.29, 1.82) is 0 Å². The van der Waals surface area contributed by atoms with Gasteiger partial charge in [0, 0.05) is 26.3 Å². The number of hydrogen-bond acceptors (Lipinski definition) is 2. The van der Waals surface area contributed by atoms with Crippen LogP contribution in [0.1, 0.15) is 25.5 Å². The molecule has 2 rings (SSSR count). The SMILES string of the molecule is C[C@@H]1CCCN(Cc2cn(C)cn2)C1. The lowest BCUT2D eigenvalue weighted by atomic mass is 10.0. The molecule has 0 aliphatic carbocycles. The fraction of sp³-hybridized carbons (Fsp3) is 0.727. The summed E-state index contributed by atoms with van der Waals surface area (Å²) in [5.41, 5.74) is 1.20. The Labute approximate surface area is 85.7 Å². The largest absolute Gasteiger partial charge is 0.340 e. The minimum atomic E-state index is 0.854. The van der Waals surface area contributed by atoms with E-state index in [9.17, 15) is 0 Å². The van der Waals surface area contributed by atoms with E-state index in [0.717, 1.165) is 12.5 Å². The topological polar surface area (TPSA) is 21.1 Å². The first-order chi connectivity index (χ1) is 6.74. The minimum absolute atomic E-state index is 0.854. The van der Waals surface area contributed by atoms with Gasteiger partial charge in [0.2, 0.25) is 0 Å².